The molecule has 1 aromatic rings. The second-order valence-electron chi connectivity index (χ2n) is 6.78. The highest BCUT2D eigenvalue weighted by Crippen LogP contribution is 2.29. The highest BCUT2D eigenvalue weighted by atomic mass is 16.6. The van der Waals surface area contributed by atoms with Crippen molar-refractivity contribution < 1.29 is 19.1 Å². The summed E-state index contributed by atoms with van der Waals surface area (Å²) in [4.78, 5) is 24.5. The van der Waals surface area contributed by atoms with Gasteiger partial charge in [0.25, 0.3) is 0 Å². The second-order valence-corrected chi connectivity index (χ2v) is 6.78. The van der Waals surface area contributed by atoms with Crippen molar-refractivity contribution in [2.24, 2.45) is 5.92 Å². The number of carbonyl (C=O) groups excluding carboxylic acids is 2. The first-order valence-electron chi connectivity index (χ1n) is 10.1. The van der Waals surface area contributed by atoms with Gasteiger partial charge in [-0.3, -0.25) is 9.59 Å². The van der Waals surface area contributed by atoms with Gasteiger partial charge in [-0.2, -0.15) is 0 Å². The Labute approximate surface area is 158 Å². The summed E-state index contributed by atoms with van der Waals surface area (Å²) in [7, 11) is 0. The molecular weight excluding hydrogens is 328 g/mol. The normalized spacial score (nSPS) is 11.8. The van der Waals surface area contributed by atoms with E-state index >= 15 is 0 Å². The van der Waals surface area contributed by atoms with E-state index in [0.717, 1.165) is 44.9 Å². The summed E-state index contributed by atoms with van der Waals surface area (Å²) in [5.74, 6) is 0.0429. The molecular formula is C22H34O4. The molecule has 26 heavy (non-hydrogen) atoms. The Bertz CT molecular complexity index is 539. The Morgan fingerprint density at radius 3 is 2.08 bits per heavy atom. The number of rotatable bonds is 13. The number of esters is 2. The largest absolute Gasteiger partial charge is 0.423 e. The molecule has 0 bridgehead atoms. The summed E-state index contributed by atoms with van der Waals surface area (Å²) >= 11 is 0. The van der Waals surface area contributed by atoms with E-state index < -0.39 is 0 Å². The standard InChI is InChI=1S/C22H34O4/c1-4-7-9-10-14-18(13-6-3)22(24)26-20-16-12-11-15-19(20)25-21(23)17-8-5-2/h11-12,15-16,18H,4-10,13-14,17H2,1-3H3. The van der Waals surface area contributed by atoms with Gasteiger partial charge in [0, 0.05) is 6.42 Å². The lowest BCUT2D eigenvalue weighted by atomic mass is 9.96. The number of carbonyl (C=O) groups is 2. The van der Waals surface area contributed by atoms with Crippen LogP contribution in [0.5, 0.6) is 11.5 Å². The summed E-state index contributed by atoms with van der Waals surface area (Å²) in [6.07, 6.45) is 9.28. The zero-order chi connectivity index (χ0) is 19.2. The van der Waals surface area contributed by atoms with Crippen molar-refractivity contribution in [2.75, 3.05) is 0 Å². The molecule has 1 unspecified atom stereocenters. The van der Waals surface area contributed by atoms with Crippen molar-refractivity contribution in [2.45, 2.75) is 85.0 Å². The first kappa shape index (κ1) is 22.2. The van der Waals surface area contributed by atoms with E-state index in [0.29, 0.717) is 17.9 Å². The number of hydrogen-bond acceptors (Lipinski definition) is 4. The number of para-hydroxylation sites is 2. The number of hydrogen-bond donors (Lipinski definition) is 0. The van der Waals surface area contributed by atoms with Crippen LogP contribution in [0, 0.1) is 5.92 Å². The summed E-state index contributed by atoms with van der Waals surface area (Å²) in [6, 6.07) is 6.90. The maximum absolute atomic E-state index is 12.6. The molecule has 1 aromatic carbocycles. The lowest BCUT2D eigenvalue weighted by Crippen LogP contribution is -2.21. The summed E-state index contributed by atoms with van der Waals surface area (Å²) in [5, 5.41) is 0. The van der Waals surface area contributed by atoms with Gasteiger partial charge in [0.05, 0.1) is 5.92 Å². The molecule has 0 aliphatic heterocycles. The lowest BCUT2D eigenvalue weighted by molar-refractivity contribution is -0.140. The van der Waals surface area contributed by atoms with Gasteiger partial charge in [0.2, 0.25) is 0 Å². The third kappa shape index (κ3) is 8.50. The summed E-state index contributed by atoms with van der Waals surface area (Å²) in [5.41, 5.74) is 0. The van der Waals surface area contributed by atoms with E-state index in [2.05, 4.69) is 13.8 Å². The van der Waals surface area contributed by atoms with E-state index in [4.69, 9.17) is 9.47 Å². The van der Waals surface area contributed by atoms with Crippen LogP contribution in [0.2, 0.25) is 0 Å². The molecule has 0 N–H and O–H groups in total. The van der Waals surface area contributed by atoms with Crippen molar-refractivity contribution in [1.82, 2.24) is 0 Å². The SMILES string of the molecule is CCCCCCC(CCC)C(=O)Oc1ccccc1OC(=O)CCCC. The van der Waals surface area contributed by atoms with Crippen molar-refractivity contribution in [3.63, 3.8) is 0 Å². The first-order chi connectivity index (χ1) is 12.6. The van der Waals surface area contributed by atoms with Crippen LogP contribution in [-0.2, 0) is 9.59 Å². The molecule has 0 spiro atoms. The third-order valence-corrected chi connectivity index (χ3v) is 4.39. The average Bonchev–Trinajstić information content (AvgIpc) is 2.64. The van der Waals surface area contributed by atoms with Crippen LogP contribution in [0.15, 0.2) is 24.3 Å². The Balaban J connectivity index is 2.69. The Morgan fingerprint density at radius 1 is 0.808 bits per heavy atom. The smallest absolute Gasteiger partial charge is 0.314 e. The highest BCUT2D eigenvalue weighted by Gasteiger charge is 2.21. The van der Waals surface area contributed by atoms with Gasteiger partial charge in [-0.05, 0) is 31.4 Å². The van der Waals surface area contributed by atoms with E-state index in [9.17, 15) is 9.59 Å². The monoisotopic (exact) mass is 362 g/mol. The molecule has 0 saturated heterocycles. The average molecular weight is 363 g/mol. The van der Waals surface area contributed by atoms with Crippen LogP contribution in [0.25, 0.3) is 0 Å². The predicted octanol–water partition coefficient (Wildman–Crippen LogP) is 6.07. The van der Waals surface area contributed by atoms with Crippen LogP contribution in [0.3, 0.4) is 0 Å². The van der Waals surface area contributed by atoms with Crippen molar-refractivity contribution in [1.29, 1.82) is 0 Å². The van der Waals surface area contributed by atoms with E-state index in [-0.39, 0.29) is 17.9 Å². The molecule has 4 heteroatoms. The molecule has 4 nitrogen and oxygen atoms in total. The Morgan fingerprint density at radius 2 is 1.46 bits per heavy atom. The fourth-order valence-corrected chi connectivity index (χ4v) is 2.85. The molecule has 0 heterocycles. The molecule has 0 fully saturated rings. The molecule has 1 rings (SSSR count). The van der Waals surface area contributed by atoms with Crippen LogP contribution < -0.4 is 9.47 Å². The molecule has 0 aliphatic carbocycles. The molecule has 0 radical (unpaired) electrons. The molecule has 0 saturated carbocycles. The van der Waals surface area contributed by atoms with Crippen molar-refractivity contribution in [3.05, 3.63) is 24.3 Å². The lowest BCUT2D eigenvalue weighted by Gasteiger charge is -2.16. The van der Waals surface area contributed by atoms with E-state index in [1.54, 1.807) is 24.3 Å². The van der Waals surface area contributed by atoms with Crippen molar-refractivity contribution >= 4 is 11.9 Å². The minimum Gasteiger partial charge on any atom is -0.423 e. The molecule has 0 aliphatic rings. The van der Waals surface area contributed by atoms with E-state index in [1.807, 2.05) is 6.92 Å². The zero-order valence-corrected chi connectivity index (χ0v) is 16.6. The minimum absolute atomic E-state index is 0.0966. The number of unbranched alkanes of at least 4 members (excludes halogenated alkanes) is 4. The molecule has 0 amide bonds. The maximum atomic E-state index is 12.6. The molecule has 146 valence electrons. The van der Waals surface area contributed by atoms with Crippen molar-refractivity contribution in [3.8, 4) is 11.5 Å². The van der Waals surface area contributed by atoms with Crippen LogP contribution >= 0.6 is 0 Å². The fraction of sp³-hybridized carbons (Fsp3) is 0.636. The van der Waals surface area contributed by atoms with Crippen LogP contribution in [-0.4, -0.2) is 11.9 Å². The van der Waals surface area contributed by atoms with Gasteiger partial charge in [-0.15, -0.1) is 0 Å². The third-order valence-electron chi connectivity index (χ3n) is 4.39. The predicted molar refractivity (Wildman–Crippen MR) is 104 cm³/mol. The highest BCUT2D eigenvalue weighted by molar-refractivity contribution is 5.77. The Hall–Kier alpha value is -1.84. The Kier molecular flexibility index (Phi) is 11.4. The zero-order valence-electron chi connectivity index (χ0n) is 16.6. The topological polar surface area (TPSA) is 52.6 Å². The first-order valence-corrected chi connectivity index (χ1v) is 10.1. The minimum atomic E-state index is -0.292. The van der Waals surface area contributed by atoms with Gasteiger partial charge in [0.15, 0.2) is 11.5 Å². The van der Waals surface area contributed by atoms with Crippen LogP contribution in [0.4, 0.5) is 0 Å². The number of ether oxygens (including phenoxy) is 2. The summed E-state index contributed by atoms with van der Waals surface area (Å²) < 4.78 is 11.0. The van der Waals surface area contributed by atoms with Gasteiger partial charge in [-0.1, -0.05) is 71.4 Å². The van der Waals surface area contributed by atoms with Crippen LogP contribution in [0.1, 0.15) is 85.0 Å². The molecule has 0 aromatic heterocycles. The van der Waals surface area contributed by atoms with E-state index in [1.165, 1.54) is 12.8 Å². The fourth-order valence-electron chi connectivity index (χ4n) is 2.85. The number of benzene rings is 1. The molecule has 1 atom stereocenters. The van der Waals surface area contributed by atoms with Gasteiger partial charge in [-0.25, -0.2) is 0 Å². The quantitative estimate of drug-likeness (QED) is 0.243. The van der Waals surface area contributed by atoms with Gasteiger partial charge < -0.3 is 9.47 Å². The second kappa shape index (κ2) is 13.4. The maximum Gasteiger partial charge on any atom is 0.314 e. The van der Waals surface area contributed by atoms with Gasteiger partial charge >= 0.3 is 11.9 Å². The van der Waals surface area contributed by atoms with Gasteiger partial charge in [0.1, 0.15) is 0 Å². The summed E-state index contributed by atoms with van der Waals surface area (Å²) in [6.45, 7) is 6.28.